The summed E-state index contributed by atoms with van der Waals surface area (Å²) in [6, 6.07) is 2.07. The van der Waals surface area contributed by atoms with Crippen molar-refractivity contribution >= 4 is 17.3 Å². The number of esters is 1. The van der Waals surface area contributed by atoms with Crippen molar-refractivity contribution < 1.29 is 19.4 Å². The highest BCUT2D eigenvalue weighted by molar-refractivity contribution is 5.85. The molecule has 0 aliphatic rings. The van der Waals surface area contributed by atoms with E-state index in [1.165, 1.54) is 12.1 Å². The van der Waals surface area contributed by atoms with E-state index in [2.05, 4.69) is 6.92 Å². The summed E-state index contributed by atoms with van der Waals surface area (Å²) in [5.41, 5.74) is -0.668. The van der Waals surface area contributed by atoms with Crippen LogP contribution in [0.5, 0.6) is 5.75 Å². The molecule has 1 rings (SSSR count). The van der Waals surface area contributed by atoms with Crippen molar-refractivity contribution in [3.63, 3.8) is 0 Å². The standard InChI is InChI=1S/C18H24N2O6/c1-4-6-7-9-13(3)10-14-11-15(19(22)23)12-16(20(24)25)18(14)26-17(21)8-5-2/h5,8,11-13H,4,6-7,9-10H2,1-3H3/b8-5+. The Labute approximate surface area is 152 Å². The van der Waals surface area contributed by atoms with E-state index in [4.69, 9.17) is 4.74 Å². The molecular formula is C18H24N2O6. The van der Waals surface area contributed by atoms with Gasteiger partial charge in [-0.05, 0) is 19.3 Å². The van der Waals surface area contributed by atoms with Gasteiger partial charge in [0.05, 0.1) is 15.9 Å². The van der Waals surface area contributed by atoms with Gasteiger partial charge >= 0.3 is 11.7 Å². The Morgan fingerprint density at radius 3 is 2.46 bits per heavy atom. The summed E-state index contributed by atoms with van der Waals surface area (Å²) in [5, 5.41) is 22.5. The minimum atomic E-state index is -0.767. The summed E-state index contributed by atoms with van der Waals surface area (Å²) < 4.78 is 5.15. The van der Waals surface area contributed by atoms with Gasteiger partial charge in [-0.3, -0.25) is 20.2 Å². The molecule has 0 aromatic heterocycles. The van der Waals surface area contributed by atoms with E-state index in [9.17, 15) is 25.0 Å². The molecule has 8 heteroatoms. The van der Waals surface area contributed by atoms with Gasteiger partial charge in [0.1, 0.15) is 0 Å². The van der Waals surface area contributed by atoms with Gasteiger partial charge in [0.25, 0.3) is 5.69 Å². The molecule has 0 aliphatic carbocycles. The lowest BCUT2D eigenvalue weighted by atomic mass is 9.94. The lowest BCUT2D eigenvalue weighted by Gasteiger charge is -2.14. The van der Waals surface area contributed by atoms with Crippen molar-refractivity contribution in [1.29, 1.82) is 0 Å². The van der Waals surface area contributed by atoms with Crippen LogP contribution in [0.2, 0.25) is 0 Å². The highest BCUT2D eigenvalue weighted by Crippen LogP contribution is 2.37. The smallest absolute Gasteiger partial charge is 0.336 e. The molecule has 1 aromatic rings. The van der Waals surface area contributed by atoms with Crippen LogP contribution in [0.15, 0.2) is 24.3 Å². The first-order valence-electron chi connectivity index (χ1n) is 8.60. The third-order valence-corrected chi connectivity index (χ3v) is 3.91. The first kappa shape index (κ1) is 21.3. The van der Waals surface area contributed by atoms with Gasteiger partial charge in [0.15, 0.2) is 0 Å². The maximum atomic E-state index is 11.8. The minimum Gasteiger partial charge on any atom is -0.416 e. The number of nitro groups is 2. The summed E-state index contributed by atoms with van der Waals surface area (Å²) in [7, 11) is 0. The molecule has 1 unspecified atom stereocenters. The van der Waals surface area contributed by atoms with Crippen LogP contribution in [0.1, 0.15) is 52.0 Å². The van der Waals surface area contributed by atoms with E-state index in [1.54, 1.807) is 6.92 Å². The average molecular weight is 364 g/mol. The summed E-state index contributed by atoms with van der Waals surface area (Å²) in [5.74, 6) is -0.835. The maximum absolute atomic E-state index is 11.8. The molecule has 0 radical (unpaired) electrons. The number of hydrogen-bond acceptors (Lipinski definition) is 6. The van der Waals surface area contributed by atoms with E-state index < -0.39 is 27.2 Å². The number of carbonyl (C=O) groups is 1. The molecule has 0 fully saturated rings. The number of nitro benzene ring substituents is 2. The molecule has 0 amide bonds. The van der Waals surface area contributed by atoms with Gasteiger partial charge in [0, 0.05) is 17.7 Å². The molecular weight excluding hydrogens is 340 g/mol. The predicted octanol–water partition coefficient (Wildman–Crippen LogP) is 4.74. The van der Waals surface area contributed by atoms with Gasteiger partial charge in [-0.1, -0.05) is 45.6 Å². The Hall–Kier alpha value is -2.77. The molecule has 0 saturated carbocycles. The molecule has 8 nitrogen and oxygen atoms in total. The predicted molar refractivity (Wildman–Crippen MR) is 97.2 cm³/mol. The van der Waals surface area contributed by atoms with E-state index in [0.717, 1.165) is 37.8 Å². The van der Waals surface area contributed by atoms with E-state index >= 15 is 0 Å². The SMILES string of the molecule is C/C=C/C(=O)Oc1c(CC(C)CCCCC)cc([N+](=O)[O-])cc1[N+](=O)[O-]. The number of hydrogen-bond donors (Lipinski definition) is 0. The molecule has 1 atom stereocenters. The zero-order valence-electron chi connectivity index (χ0n) is 15.3. The molecule has 0 N–H and O–H groups in total. The van der Waals surface area contributed by atoms with Crippen molar-refractivity contribution in [3.8, 4) is 5.75 Å². The van der Waals surface area contributed by atoms with Gasteiger partial charge in [0.2, 0.25) is 5.75 Å². The molecule has 0 aliphatic heterocycles. The zero-order valence-corrected chi connectivity index (χ0v) is 15.3. The van der Waals surface area contributed by atoms with Crippen LogP contribution in [-0.2, 0) is 11.2 Å². The quantitative estimate of drug-likeness (QED) is 0.148. The minimum absolute atomic E-state index is 0.141. The summed E-state index contributed by atoms with van der Waals surface area (Å²) in [4.78, 5) is 32.8. The van der Waals surface area contributed by atoms with Crippen molar-refractivity contribution in [3.05, 3.63) is 50.1 Å². The molecule has 26 heavy (non-hydrogen) atoms. The van der Waals surface area contributed by atoms with Crippen LogP contribution < -0.4 is 4.74 Å². The summed E-state index contributed by atoms with van der Waals surface area (Å²) in [6.07, 6.45) is 6.97. The second-order valence-corrected chi connectivity index (χ2v) is 6.19. The van der Waals surface area contributed by atoms with Crippen molar-refractivity contribution in [2.24, 2.45) is 5.92 Å². The Morgan fingerprint density at radius 2 is 1.92 bits per heavy atom. The van der Waals surface area contributed by atoms with Gasteiger partial charge in [-0.15, -0.1) is 0 Å². The number of non-ortho nitro benzene ring substituents is 1. The molecule has 0 saturated heterocycles. The van der Waals surface area contributed by atoms with Crippen LogP contribution in [0.3, 0.4) is 0 Å². The normalized spacial score (nSPS) is 12.1. The highest BCUT2D eigenvalue weighted by atomic mass is 16.6. The third-order valence-electron chi connectivity index (χ3n) is 3.91. The molecule has 0 heterocycles. The molecule has 1 aromatic carbocycles. The summed E-state index contributed by atoms with van der Waals surface area (Å²) >= 11 is 0. The van der Waals surface area contributed by atoms with Crippen LogP contribution in [0.4, 0.5) is 11.4 Å². The zero-order chi connectivity index (χ0) is 19.7. The topological polar surface area (TPSA) is 113 Å². The number of nitrogens with zero attached hydrogens (tertiary/aromatic N) is 2. The number of allylic oxidation sites excluding steroid dienone is 1. The Balaban J connectivity index is 3.29. The molecule has 0 spiro atoms. The van der Waals surface area contributed by atoms with E-state index in [-0.39, 0.29) is 11.7 Å². The lowest BCUT2D eigenvalue weighted by molar-refractivity contribution is -0.394. The fourth-order valence-corrected chi connectivity index (χ4v) is 2.66. The fraction of sp³-hybridized carbons (Fsp3) is 0.500. The Morgan fingerprint density at radius 1 is 1.23 bits per heavy atom. The highest BCUT2D eigenvalue weighted by Gasteiger charge is 2.27. The second kappa shape index (κ2) is 10.3. The number of ether oxygens (including phenoxy) is 1. The van der Waals surface area contributed by atoms with Crippen molar-refractivity contribution in [1.82, 2.24) is 0 Å². The van der Waals surface area contributed by atoms with Crippen molar-refractivity contribution in [2.75, 3.05) is 0 Å². The second-order valence-electron chi connectivity index (χ2n) is 6.19. The maximum Gasteiger partial charge on any atom is 0.336 e. The number of unbranched alkanes of at least 4 members (excludes halogenated alkanes) is 2. The van der Waals surface area contributed by atoms with Crippen LogP contribution in [0, 0.1) is 26.1 Å². The first-order valence-corrected chi connectivity index (χ1v) is 8.60. The molecule has 0 bridgehead atoms. The number of benzene rings is 1. The van der Waals surface area contributed by atoms with Crippen LogP contribution in [-0.4, -0.2) is 15.8 Å². The number of carbonyl (C=O) groups excluding carboxylic acids is 1. The Kier molecular flexibility index (Phi) is 8.41. The first-order chi connectivity index (χ1) is 12.3. The lowest BCUT2D eigenvalue weighted by Crippen LogP contribution is -2.11. The molecule has 142 valence electrons. The van der Waals surface area contributed by atoms with Crippen LogP contribution in [0.25, 0.3) is 0 Å². The largest absolute Gasteiger partial charge is 0.416 e. The third kappa shape index (κ3) is 6.27. The van der Waals surface area contributed by atoms with Gasteiger partial charge in [-0.25, -0.2) is 4.79 Å². The van der Waals surface area contributed by atoms with E-state index in [1.807, 2.05) is 6.92 Å². The Bertz CT molecular complexity index is 699. The van der Waals surface area contributed by atoms with Gasteiger partial charge in [-0.2, -0.15) is 0 Å². The van der Waals surface area contributed by atoms with Crippen LogP contribution >= 0.6 is 0 Å². The number of rotatable bonds is 10. The average Bonchev–Trinajstić information content (AvgIpc) is 2.56. The van der Waals surface area contributed by atoms with Gasteiger partial charge < -0.3 is 4.74 Å². The van der Waals surface area contributed by atoms with Crippen molar-refractivity contribution in [2.45, 2.75) is 52.9 Å². The fourth-order valence-electron chi connectivity index (χ4n) is 2.66. The summed E-state index contributed by atoms with van der Waals surface area (Å²) in [6.45, 7) is 5.67. The monoisotopic (exact) mass is 364 g/mol. The van der Waals surface area contributed by atoms with E-state index in [0.29, 0.717) is 12.0 Å².